The van der Waals surface area contributed by atoms with Gasteiger partial charge in [-0.25, -0.2) is 16.8 Å². The van der Waals surface area contributed by atoms with Crippen LogP contribution in [0.25, 0.3) is 11.1 Å². The van der Waals surface area contributed by atoms with E-state index in [0.717, 1.165) is 92.9 Å². The molecule has 4 aromatic rings. The highest BCUT2D eigenvalue weighted by molar-refractivity contribution is 8.24. The van der Waals surface area contributed by atoms with E-state index in [9.17, 15) is 21.7 Å². The van der Waals surface area contributed by atoms with Crippen LogP contribution < -0.4 is 8.15 Å². The molecule has 0 saturated heterocycles. The second-order valence-electron chi connectivity index (χ2n) is 12.2. The van der Waals surface area contributed by atoms with Crippen molar-refractivity contribution in [1.82, 2.24) is 0 Å². The molecule has 1 aliphatic heterocycles. The maximum absolute atomic E-state index is 14.8. The SMILES string of the molecule is Cc1ccc(S(=O)(=O)N2c3ccc4c(c3-c3c(ccc5c3CCCC5)N(S(=O)(=O)c3ccc(C)cc3)P2(O)=S)CCCC4)cc1. The third-order valence-electron chi connectivity index (χ3n) is 9.25. The number of aryl methyl sites for hydroxylation is 4. The van der Waals surface area contributed by atoms with Gasteiger partial charge in [0.15, 0.2) is 0 Å². The Morgan fingerprint density at radius 3 is 1.31 bits per heavy atom. The van der Waals surface area contributed by atoms with Gasteiger partial charge in [-0.1, -0.05) is 47.5 Å². The van der Waals surface area contributed by atoms with Gasteiger partial charge in [0.1, 0.15) is 0 Å². The summed E-state index contributed by atoms with van der Waals surface area (Å²) in [5.74, 6) is 0. The van der Waals surface area contributed by atoms with Crippen molar-refractivity contribution in [3.05, 3.63) is 106 Å². The van der Waals surface area contributed by atoms with Crippen LogP contribution in [-0.4, -0.2) is 21.7 Å². The molecule has 0 bridgehead atoms. The molecule has 0 aromatic heterocycles. The fraction of sp³-hybridized carbons (Fsp3) is 0.294. The molecule has 11 heteroatoms. The summed E-state index contributed by atoms with van der Waals surface area (Å²) in [6.07, 6.45) is 7.02. The lowest BCUT2D eigenvalue weighted by Crippen LogP contribution is -2.38. The molecule has 0 atom stereocenters. The number of anilines is 2. The molecule has 0 unspecified atom stereocenters. The number of hydrogen-bond acceptors (Lipinski definition) is 5. The second-order valence-corrected chi connectivity index (χ2v) is 19.7. The zero-order valence-corrected chi connectivity index (χ0v) is 28.6. The largest absolute Gasteiger partial charge is 0.333 e. The highest BCUT2D eigenvalue weighted by Gasteiger charge is 2.51. The summed E-state index contributed by atoms with van der Waals surface area (Å²) in [6.45, 7) is -0.946. The first kappa shape index (κ1) is 30.6. The van der Waals surface area contributed by atoms with E-state index in [1.807, 2.05) is 26.0 Å². The molecule has 3 aliphatic rings. The van der Waals surface area contributed by atoms with E-state index in [1.54, 1.807) is 36.4 Å². The third-order valence-corrected chi connectivity index (χ3v) is 17.9. The van der Waals surface area contributed by atoms with Crippen LogP contribution in [0, 0.1) is 13.8 Å². The first-order valence-corrected chi connectivity index (χ1v) is 20.8. The number of benzene rings is 4. The summed E-state index contributed by atoms with van der Waals surface area (Å²) in [4.78, 5) is 12.6. The Balaban J connectivity index is 1.64. The molecule has 0 radical (unpaired) electrons. The van der Waals surface area contributed by atoms with E-state index < -0.39 is 26.6 Å². The molecule has 0 fully saturated rings. The number of sulfonamides is 2. The first-order valence-electron chi connectivity index (χ1n) is 15.3. The Morgan fingerprint density at radius 2 is 0.933 bits per heavy atom. The number of nitrogens with zero attached hydrogens (tertiary/aromatic N) is 2. The molecule has 0 spiro atoms. The van der Waals surface area contributed by atoms with Crippen LogP contribution in [0.2, 0.25) is 0 Å². The van der Waals surface area contributed by atoms with Crippen molar-refractivity contribution in [3.8, 4) is 11.1 Å². The van der Waals surface area contributed by atoms with Gasteiger partial charge in [0.25, 0.3) is 26.6 Å². The molecular formula is C34H35N2O5PS3. The summed E-state index contributed by atoms with van der Waals surface area (Å²) in [5, 5.41) is 0. The third kappa shape index (κ3) is 4.88. The van der Waals surface area contributed by atoms with Crippen LogP contribution in [-0.2, 0) is 57.5 Å². The second kappa shape index (κ2) is 11.1. The molecule has 4 aromatic carbocycles. The summed E-state index contributed by atoms with van der Waals surface area (Å²) < 4.78 is 60.9. The standard InChI is InChI=1S/C34H35N2O5PS3/c1-23-11-17-27(18-12-23)44(38,39)35-31-21-15-25-7-3-5-9-29(25)33(31)34-30-10-6-4-8-26(30)16-22-32(34)36(42(35,37)43)45(40,41)28-19-13-24(2)14-20-28/h11-22H,3-10H2,1-2H3,(H,37,43). The Morgan fingerprint density at radius 1 is 0.578 bits per heavy atom. The van der Waals surface area contributed by atoms with Crippen LogP contribution in [0.1, 0.15) is 59.1 Å². The van der Waals surface area contributed by atoms with Crippen LogP contribution in [0.15, 0.2) is 82.6 Å². The summed E-state index contributed by atoms with van der Waals surface area (Å²) in [7, 11) is -9.10. The molecule has 0 saturated carbocycles. The number of rotatable bonds is 4. The van der Waals surface area contributed by atoms with Crippen molar-refractivity contribution in [2.24, 2.45) is 0 Å². The minimum absolute atomic E-state index is 0.0688. The lowest BCUT2D eigenvalue weighted by molar-refractivity contribution is 0.586. The van der Waals surface area contributed by atoms with E-state index in [0.29, 0.717) is 11.1 Å². The van der Waals surface area contributed by atoms with Gasteiger partial charge in [-0.15, -0.1) is 0 Å². The number of fused-ring (bicyclic) bond motifs is 7. The van der Waals surface area contributed by atoms with Crippen LogP contribution in [0.3, 0.4) is 0 Å². The van der Waals surface area contributed by atoms with Gasteiger partial charge in [0.05, 0.1) is 21.2 Å². The van der Waals surface area contributed by atoms with Gasteiger partial charge in [-0.3, -0.25) is 0 Å². The van der Waals surface area contributed by atoms with Crippen molar-refractivity contribution in [2.75, 3.05) is 8.15 Å². The van der Waals surface area contributed by atoms with E-state index >= 15 is 0 Å². The molecule has 7 nitrogen and oxygen atoms in total. The highest BCUT2D eigenvalue weighted by atomic mass is 32.5. The molecule has 2 aliphatic carbocycles. The summed E-state index contributed by atoms with van der Waals surface area (Å²) in [5.41, 5.74) is 7.83. The maximum atomic E-state index is 14.8. The minimum Gasteiger partial charge on any atom is -0.333 e. The van der Waals surface area contributed by atoms with Gasteiger partial charge in [0, 0.05) is 11.1 Å². The van der Waals surface area contributed by atoms with Crippen LogP contribution in [0.5, 0.6) is 0 Å². The average Bonchev–Trinajstić information content (AvgIpc) is 3.11. The highest BCUT2D eigenvalue weighted by Crippen LogP contribution is 2.65. The first-order chi connectivity index (χ1) is 21.4. The Hall–Kier alpha value is -3.01. The summed E-state index contributed by atoms with van der Waals surface area (Å²) >= 11 is 5.99. The van der Waals surface area contributed by atoms with E-state index in [1.165, 1.54) is 24.3 Å². The molecule has 0 amide bonds. The predicted molar refractivity (Wildman–Crippen MR) is 183 cm³/mol. The lowest BCUT2D eigenvalue weighted by Gasteiger charge is -2.38. The Labute approximate surface area is 270 Å². The van der Waals surface area contributed by atoms with Gasteiger partial charge < -0.3 is 4.89 Å². The smallest absolute Gasteiger partial charge is 0.279 e. The topological polar surface area (TPSA) is 95.0 Å². The average molecular weight is 679 g/mol. The van der Waals surface area contributed by atoms with Crippen molar-refractivity contribution < 1.29 is 21.7 Å². The van der Waals surface area contributed by atoms with Gasteiger partial charge in [0.2, 0.25) is 0 Å². The van der Waals surface area contributed by atoms with Crippen molar-refractivity contribution >= 4 is 49.8 Å². The minimum atomic E-state index is -4.66. The predicted octanol–water partition coefficient (Wildman–Crippen LogP) is 7.35. The zero-order chi connectivity index (χ0) is 31.7. The Kier molecular flexibility index (Phi) is 7.53. The molecule has 1 heterocycles. The van der Waals surface area contributed by atoms with E-state index in [4.69, 9.17) is 11.8 Å². The van der Waals surface area contributed by atoms with Crippen LogP contribution >= 0.6 is 6.57 Å². The fourth-order valence-corrected chi connectivity index (χ4v) is 15.7. The number of hydrogen-bond donors (Lipinski definition) is 1. The lowest BCUT2D eigenvalue weighted by atomic mass is 9.79. The molecular weight excluding hydrogens is 644 g/mol. The van der Waals surface area contributed by atoms with Crippen molar-refractivity contribution in [3.63, 3.8) is 0 Å². The quantitative estimate of drug-likeness (QED) is 0.227. The van der Waals surface area contributed by atoms with E-state index in [2.05, 4.69) is 0 Å². The molecule has 234 valence electrons. The molecule has 7 rings (SSSR count). The normalized spacial score (nSPS) is 17.5. The van der Waals surface area contributed by atoms with Gasteiger partial charge in [-0.2, -0.15) is 8.15 Å². The van der Waals surface area contributed by atoms with Gasteiger partial charge >= 0.3 is 0 Å². The van der Waals surface area contributed by atoms with Crippen molar-refractivity contribution in [2.45, 2.75) is 75.0 Å². The zero-order valence-electron chi connectivity index (χ0n) is 25.2. The Bertz CT molecular complexity index is 1960. The van der Waals surface area contributed by atoms with Gasteiger partial charge in [-0.05, 0) is 136 Å². The van der Waals surface area contributed by atoms with E-state index in [-0.39, 0.29) is 21.2 Å². The summed E-state index contributed by atoms with van der Waals surface area (Å²) in [6, 6.07) is 20.0. The fourth-order valence-electron chi connectivity index (χ4n) is 7.02. The van der Waals surface area contributed by atoms with Crippen molar-refractivity contribution in [1.29, 1.82) is 0 Å². The molecule has 1 N–H and O–H groups in total. The maximum Gasteiger partial charge on any atom is 0.279 e. The van der Waals surface area contributed by atoms with Crippen LogP contribution in [0.4, 0.5) is 11.4 Å². The monoisotopic (exact) mass is 678 g/mol. The molecule has 45 heavy (non-hydrogen) atoms.